The van der Waals surface area contributed by atoms with Gasteiger partial charge in [0.25, 0.3) is 0 Å². The molecule has 0 atom stereocenters. The molecule has 3 aromatic carbocycles. The summed E-state index contributed by atoms with van der Waals surface area (Å²) >= 11 is 0. The number of nitrogens with zero attached hydrogens (tertiary/aromatic N) is 2. The Bertz CT molecular complexity index is 1840. The van der Waals surface area contributed by atoms with Crippen molar-refractivity contribution in [1.82, 2.24) is 9.97 Å². The van der Waals surface area contributed by atoms with E-state index in [1.54, 1.807) is 48.5 Å². The van der Waals surface area contributed by atoms with Crippen molar-refractivity contribution in [3.8, 4) is 22.6 Å². The zero-order valence-electron chi connectivity index (χ0n) is 22.7. The predicted octanol–water partition coefficient (Wildman–Crippen LogP) is 8.03. The molecule has 1 fully saturated rings. The van der Waals surface area contributed by atoms with Gasteiger partial charge in [-0.25, -0.2) is 4.39 Å². The first-order valence-corrected chi connectivity index (χ1v) is 13.2. The van der Waals surface area contributed by atoms with Crippen molar-refractivity contribution in [2.45, 2.75) is 19.0 Å². The van der Waals surface area contributed by atoms with Crippen LogP contribution in [0, 0.1) is 11.2 Å². The van der Waals surface area contributed by atoms with E-state index in [-0.39, 0.29) is 12.4 Å². The Morgan fingerprint density at radius 2 is 1.43 bits per heavy atom. The number of anilines is 2. The lowest BCUT2D eigenvalue weighted by atomic mass is 10.0. The molecular weight excluding hydrogens is 600 g/mol. The third kappa shape index (κ3) is 6.32. The molecule has 0 bridgehead atoms. The highest BCUT2D eigenvalue weighted by Crippen LogP contribution is 2.47. The second-order valence-corrected chi connectivity index (χ2v) is 10.1. The second-order valence-electron chi connectivity index (χ2n) is 10.1. The van der Waals surface area contributed by atoms with E-state index in [4.69, 9.17) is 4.74 Å². The maximum Gasteiger partial charge on any atom is 0.417 e. The number of ether oxygens (including phenoxy) is 1. The van der Waals surface area contributed by atoms with Crippen LogP contribution in [0.2, 0.25) is 0 Å². The number of aromatic nitrogens is 2. The summed E-state index contributed by atoms with van der Waals surface area (Å²) in [6.07, 6.45) is -0.0338. The number of nitrogens with one attached hydrogen (secondary N) is 2. The third-order valence-corrected chi connectivity index (χ3v) is 7.16. The second kappa shape index (κ2) is 11.9. The molecule has 6 rings (SSSR count). The van der Waals surface area contributed by atoms with Gasteiger partial charge in [-0.15, -0.1) is 12.4 Å². The maximum atomic E-state index is 13.2. The first kappa shape index (κ1) is 30.4. The van der Waals surface area contributed by atoms with E-state index < -0.39 is 34.8 Å². The molecule has 2 amide bonds. The fourth-order valence-corrected chi connectivity index (χ4v) is 4.59. The van der Waals surface area contributed by atoms with Gasteiger partial charge in [-0.2, -0.15) is 13.2 Å². The normalized spacial score (nSPS) is 13.5. The average molecular weight is 623 g/mol. The highest BCUT2D eigenvalue weighted by Gasteiger charge is 2.56. The summed E-state index contributed by atoms with van der Waals surface area (Å²) in [5.41, 5.74) is 0.193. The van der Waals surface area contributed by atoms with Crippen molar-refractivity contribution in [2.24, 2.45) is 5.41 Å². The molecule has 1 aliphatic rings. The number of hydrogen-bond donors (Lipinski definition) is 2. The standard InChI is InChI=1S/C32H22F4N4O3.ClH/c33-22-2-4-23(5-3-22)39-29(41)31(12-13-31)30(42)40-24-6-8-25(9-7-24)43-28-11-14-38-27-16-19(1-10-26(27)28)20-15-21(18-37-17-20)32(34,35)36;/h1-11,14-18H,12-13H2,(H,39,41)(H,40,42);1H. The summed E-state index contributed by atoms with van der Waals surface area (Å²) in [6, 6.07) is 19.7. The highest BCUT2D eigenvalue weighted by atomic mass is 35.5. The van der Waals surface area contributed by atoms with Crippen molar-refractivity contribution >= 4 is 46.5 Å². The molecule has 12 heteroatoms. The molecule has 224 valence electrons. The Hall–Kier alpha value is -5.03. The lowest BCUT2D eigenvalue weighted by Gasteiger charge is -2.16. The summed E-state index contributed by atoms with van der Waals surface area (Å²) in [4.78, 5) is 33.8. The van der Waals surface area contributed by atoms with Gasteiger partial charge in [0.05, 0.1) is 11.1 Å². The lowest BCUT2D eigenvalue weighted by Crippen LogP contribution is -2.35. The number of carbonyl (C=O) groups is 2. The van der Waals surface area contributed by atoms with E-state index in [2.05, 4.69) is 20.6 Å². The van der Waals surface area contributed by atoms with Crippen LogP contribution in [0.4, 0.5) is 28.9 Å². The molecule has 0 aliphatic heterocycles. The number of alkyl halides is 3. The van der Waals surface area contributed by atoms with Crippen LogP contribution in [-0.4, -0.2) is 21.8 Å². The van der Waals surface area contributed by atoms with Crippen molar-refractivity contribution in [1.29, 1.82) is 0 Å². The average Bonchev–Trinajstić information content (AvgIpc) is 3.81. The van der Waals surface area contributed by atoms with Gasteiger partial charge in [0.1, 0.15) is 22.7 Å². The molecule has 1 aliphatic carbocycles. The van der Waals surface area contributed by atoms with Crippen LogP contribution in [0.3, 0.4) is 0 Å². The largest absolute Gasteiger partial charge is 0.457 e. The number of rotatable bonds is 7. The summed E-state index contributed by atoms with van der Waals surface area (Å²) < 4.78 is 58.6. The van der Waals surface area contributed by atoms with Crippen molar-refractivity contribution in [3.63, 3.8) is 0 Å². The minimum atomic E-state index is -4.50. The number of amides is 2. The van der Waals surface area contributed by atoms with E-state index in [0.717, 1.165) is 12.3 Å². The molecule has 2 heterocycles. The molecule has 2 N–H and O–H groups in total. The summed E-state index contributed by atoms with van der Waals surface area (Å²) in [5.74, 6) is -0.375. The van der Waals surface area contributed by atoms with Crippen LogP contribution in [0.25, 0.3) is 22.0 Å². The van der Waals surface area contributed by atoms with E-state index in [9.17, 15) is 27.2 Å². The molecule has 0 unspecified atom stereocenters. The van der Waals surface area contributed by atoms with Crippen LogP contribution >= 0.6 is 12.4 Å². The number of pyridine rings is 2. The zero-order chi connectivity index (χ0) is 30.2. The SMILES string of the molecule is Cl.O=C(Nc1ccc(F)cc1)C1(C(=O)Nc2ccc(Oc3ccnc4cc(-c5cncc(C(F)(F)F)c5)ccc34)cc2)CC1. The van der Waals surface area contributed by atoms with Gasteiger partial charge in [0.2, 0.25) is 11.8 Å². The summed E-state index contributed by atoms with van der Waals surface area (Å²) in [6.45, 7) is 0. The molecule has 44 heavy (non-hydrogen) atoms. The van der Waals surface area contributed by atoms with Gasteiger partial charge in [-0.1, -0.05) is 6.07 Å². The van der Waals surface area contributed by atoms with E-state index in [1.807, 2.05) is 0 Å². The first-order valence-electron chi connectivity index (χ1n) is 13.2. The van der Waals surface area contributed by atoms with Crippen LogP contribution < -0.4 is 15.4 Å². The van der Waals surface area contributed by atoms with Crippen LogP contribution in [0.5, 0.6) is 11.5 Å². The fraction of sp³-hybridized carbons (Fsp3) is 0.125. The molecule has 7 nitrogen and oxygen atoms in total. The van der Waals surface area contributed by atoms with Gasteiger partial charge in [0.15, 0.2) is 0 Å². The van der Waals surface area contributed by atoms with Crippen LogP contribution in [0.1, 0.15) is 18.4 Å². The first-order chi connectivity index (χ1) is 20.6. The van der Waals surface area contributed by atoms with Gasteiger partial charge >= 0.3 is 6.18 Å². The maximum absolute atomic E-state index is 13.2. The number of carbonyl (C=O) groups excluding carboxylic acids is 2. The minimum Gasteiger partial charge on any atom is -0.457 e. The van der Waals surface area contributed by atoms with Gasteiger partial charge in [-0.3, -0.25) is 19.6 Å². The number of fused-ring (bicyclic) bond motifs is 1. The van der Waals surface area contributed by atoms with Crippen molar-refractivity contribution in [3.05, 3.63) is 109 Å². The van der Waals surface area contributed by atoms with Crippen molar-refractivity contribution in [2.75, 3.05) is 10.6 Å². The smallest absolute Gasteiger partial charge is 0.417 e. The van der Waals surface area contributed by atoms with Gasteiger partial charge in [-0.05, 0) is 91.2 Å². The lowest BCUT2D eigenvalue weighted by molar-refractivity contribution is -0.138. The third-order valence-electron chi connectivity index (χ3n) is 7.16. The Morgan fingerprint density at radius 3 is 2.05 bits per heavy atom. The fourth-order valence-electron chi connectivity index (χ4n) is 4.59. The Balaban J connectivity index is 0.00000384. The molecule has 5 aromatic rings. The van der Waals surface area contributed by atoms with Gasteiger partial charge < -0.3 is 15.4 Å². The Morgan fingerprint density at radius 1 is 0.795 bits per heavy atom. The molecule has 0 radical (unpaired) electrons. The number of benzene rings is 3. The Labute approximate surface area is 254 Å². The van der Waals surface area contributed by atoms with E-state index >= 15 is 0 Å². The molecule has 0 spiro atoms. The summed E-state index contributed by atoms with van der Waals surface area (Å²) in [5, 5.41) is 6.09. The van der Waals surface area contributed by atoms with Crippen LogP contribution in [0.15, 0.2) is 97.5 Å². The van der Waals surface area contributed by atoms with E-state index in [1.165, 1.54) is 36.7 Å². The number of hydrogen-bond acceptors (Lipinski definition) is 5. The monoisotopic (exact) mass is 622 g/mol. The topological polar surface area (TPSA) is 93.2 Å². The zero-order valence-corrected chi connectivity index (χ0v) is 23.5. The molecule has 2 aromatic heterocycles. The number of halogens is 5. The molecular formula is C32H23ClF4N4O3. The van der Waals surface area contributed by atoms with Crippen LogP contribution in [-0.2, 0) is 15.8 Å². The van der Waals surface area contributed by atoms with E-state index in [0.29, 0.717) is 57.7 Å². The Kier molecular flexibility index (Phi) is 8.25. The highest BCUT2D eigenvalue weighted by molar-refractivity contribution is 6.16. The molecule has 1 saturated carbocycles. The summed E-state index contributed by atoms with van der Waals surface area (Å²) in [7, 11) is 0. The minimum absolute atomic E-state index is 0. The van der Waals surface area contributed by atoms with Gasteiger partial charge in [0, 0.05) is 40.9 Å². The predicted molar refractivity (Wildman–Crippen MR) is 159 cm³/mol. The quantitative estimate of drug-likeness (QED) is 0.142. The molecule has 0 saturated heterocycles. The van der Waals surface area contributed by atoms with Crippen molar-refractivity contribution < 1.29 is 31.9 Å².